The normalized spacial score (nSPS) is 24.9. The van der Waals surface area contributed by atoms with Crippen molar-refractivity contribution in [3.8, 4) is 0 Å². The quantitative estimate of drug-likeness (QED) is 0.787. The average molecular weight is 243 g/mol. The molecule has 0 amide bonds. The van der Waals surface area contributed by atoms with Crippen LogP contribution in [0.25, 0.3) is 0 Å². The van der Waals surface area contributed by atoms with Crippen LogP contribution < -0.4 is 5.32 Å². The molecule has 17 heavy (non-hydrogen) atoms. The van der Waals surface area contributed by atoms with Crippen LogP contribution in [0.5, 0.6) is 0 Å². The zero-order chi connectivity index (χ0) is 12.4. The lowest BCUT2D eigenvalue weighted by atomic mass is 9.83. The maximum atomic E-state index is 13.5. The molecule has 0 radical (unpaired) electrons. The molecule has 1 nitrogen and oxygen atoms in total. The van der Waals surface area contributed by atoms with E-state index in [1.54, 1.807) is 0 Å². The van der Waals surface area contributed by atoms with E-state index in [2.05, 4.69) is 12.2 Å². The number of halogens is 3. The fourth-order valence-corrected chi connectivity index (χ4v) is 2.33. The lowest BCUT2D eigenvalue weighted by Gasteiger charge is -2.29. The zero-order valence-corrected chi connectivity index (χ0v) is 9.77. The Bertz CT molecular complexity index is 406. The smallest absolute Gasteiger partial charge is 0.194 e. The monoisotopic (exact) mass is 243 g/mol. The topological polar surface area (TPSA) is 12.0 Å². The summed E-state index contributed by atoms with van der Waals surface area (Å²) >= 11 is 0. The van der Waals surface area contributed by atoms with Crippen molar-refractivity contribution in [2.75, 3.05) is 13.1 Å². The lowest BCUT2D eigenvalue weighted by molar-refractivity contribution is 0.269. The summed E-state index contributed by atoms with van der Waals surface area (Å²) in [7, 11) is 0. The van der Waals surface area contributed by atoms with Gasteiger partial charge in [0.2, 0.25) is 0 Å². The highest BCUT2D eigenvalue weighted by Crippen LogP contribution is 2.25. The van der Waals surface area contributed by atoms with Crippen molar-refractivity contribution >= 4 is 0 Å². The van der Waals surface area contributed by atoms with Crippen LogP contribution in [0.3, 0.4) is 0 Å². The fourth-order valence-electron chi connectivity index (χ4n) is 2.33. The van der Waals surface area contributed by atoms with Gasteiger partial charge in [-0.3, -0.25) is 0 Å². The highest BCUT2D eigenvalue weighted by molar-refractivity contribution is 5.21. The fraction of sp³-hybridized carbons (Fsp3) is 0.538. The average Bonchev–Trinajstić information content (AvgIpc) is 2.32. The van der Waals surface area contributed by atoms with Gasteiger partial charge < -0.3 is 5.32 Å². The molecule has 1 heterocycles. The van der Waals surface area contributed by atoms with Gasteiger partial charge in [-0.25, -0.2) is 13.2 Å². The van der Waals surface area contributed by atoms with Gasteiger partial charge in [0, 0.05) is 0 Å². The lowest BCUT2D eigenvalue weighted by Crippen LogP contribution is -2.36. The first kappa shape index (κ1) is 12.4. The molecule has 1 fully saturated rings. The van der Waals surface area contributed by atoms with Crippen LogP contribution in [-0.2, 0) is 6.42 Å². The number of rotatable bonds is 2. The standard InChI is InChI=1S/C13H16F3N/c1-8-4-5-17-7-10(8)6-9-2-3-11(14)13(16)12(9)15/h2-3,8,10,17H,4-7H2,1H3. The molecule has 1 aromatic carbocycles. The van der Waals surface area contributed by atoms with E-state index in [1.165, 1.54) is 6.07 Å². The van der Waals surface area contributed by atoms with E-state index in [-0.39, 0.29) is 11.5 Å². The van der Waals surface area contributed by atoms with Gasteiger partial charge >= 0.3 is 0 Å². The van der Waals surface area contributed by atoms with Crippen LogP contribution in [0.15, 0.2) is 12.1 Å². The predicted octanol–water partition coefficient (Wildman–Crippen LogP) is 2.89. The second-order valence-electron chi connectivity index (χ2n) is 4.77. The van der Waals surface area contributed by atoms with Crippen LogP contribution in [-0.4, -0.2) is 13.1 Å². The minimum atomic E-state index is -1.36. The van der Waals surface area contributed by atoms with Crippen molar-refractivity contribution in [3.63, 3.8) is 0 Å². The van der Waals surface area contributed by atoms with E-state index >= 15 is 0 Å². The van der Waals surface area contributed by atoms with Gasteiger partial charge in [-0.1, -0.05) is 13.0 Å². The molecule has 2 unspecified atom stereocenters. The van der Waals surface area contributed by atoms with Gasteiger partial charge in [0.1, 0.15) is 0 Å². The van der Waals surface area contributed by atoms with E-state index in [1.807, 2.05) is 0 Å². The first-order valence-corrected chi connectivity index (χ1v) is 5.92. The van der Waals surface area contributed by atoms with E-state index in [0.717, 1.165) is 25.6 Å². The summed E-state index contributed by atoms with van der Waals surface area (Å²) in [5.41, 5.74) is 0.268. The number of benzene rings is 1. The number of nitrogens with one attached hydrogen (secondary N) is 1. The second kappa shape index (κ2) is 5.08. The molecule has 0 spiro atoms. The highest BCUT2D eigenvalue weighted by atomic mass is 19.2. The molecular weight excluding hydrogens is 227 g/mol. The van der Waals surface area contributed by atoms with Crippen molar-refractivity contribution in [2.24, 2.45) is 11.8 Å². The first-order valence-electron chi connectivity index (χ1n) is 5.92. The van der Waals surface area contributed by atoms with Gasteiger partial charge in [-0.15, -0.1) is 0 Å². The Morgan fingerprint density at radius 1 is 1.24 bits per heavy atom. The molecule has 1 N–H and O–H groups in total. The number of hydrogen-bond acceptors (Lipinski definition) is 1. The summed E-state index contributed by atoms with van der Waals surface area (Å²) in [5, 5.41) is 3.24. The molecule has 4 heteroatoms. The number of piperidine rings is 1. The van der Waals surface area contributed by atoms with Crippen molar-refractivity contribution in [1.82, 2.24) is 5.32 Å². The predicted molar refractivity (Wildman–Crippen MR) is 60.2 cm³/mol. The van der Waals surface area contributed by atoms with Crippen molar-refractivity contribution in [2.45, 2.75) is 19.8 Å². The Kier molecular flexibility index (Phi) is 3.72. The second-order valence-corrected chi connectivity index (χ2v) is 4.77. The van der Waals surface area contributed by atoms with Gasteiger partial charge in [-0.05, 0) is 49.4 Å². The van der Waals surface area contributed by atoms with Crippen LogP contribution in [0.4, 0.5) is 13.2 Å². The Morgan fingerprint density at radius 3 is 2.71 bits per heavy atom. The molecule has 2 rings (SSSR count). The SMILES string of the molecule is CC1CCNCC1Cc1ccc(F)c(F)c1F. The van der Waals surface area contributed by atoms with E-state index < -0.39 is 17.5 Å². The molecule has 1 aromatic rings. The Morgan fingerprint density at radius 2 is 2.00 bits per heavy atom. The zero-order valence-electron chi connectivity index (χ0n) is 9.77. The summed E-state index contributed by atoms with van der Waals surface area (Å²) in [4.78, 5) is 0. The van der Waals surface area contributed by atoms with Gasteiger partial charge in [0.05, 0.1) is 0 Å². The molecular formula is C13H16F3N. The minimum absolute atomic E-state index is 0.268. The largest absolute Gasteiger partial charge is 0.316 e. The van der Waals surface area contributed by atoms with Crippen molar-refractivity contribution in [3.05, 3.63) is 35.1 Å². The Labute approximate surface area is 99.0 Å². The van der Waals surface area contributed by atoms with Crippen LogP contribution in [0.2, 0.25) is 0 Å². The Balaban J connectivity index is 2.15. The molecule has 2 atom stereocenters. The summed E-state index contributed by atoms with van der Waals surface area (Å²) < 4.78 is 39.4. The van der Waals surface area contributed by atoms with Crippen molar-refractivity contribution in [1.29, 1.82) is 0 Å². The minimum Gasteiger partial charge on any atom is -0.316 e. The van der Waals surface area contributed by atoms with E-state index in [0.29, 0.717) is 12.3 Å². The third-order valence-corrected chi connectivity index (χ3v) is 3.58. The van der Waals surface area contributed by atoms with Crippen LogP contribution in [0.1, 0.15) is 18.9 Å². The van der Waals surface area contributed by atoms with Gasteiger partial charge in [0.25, 0.3) is 0 Å². The van der Waals surface area contributed by atoms with Crippen molar-refractivity contribution < 1.29 is 13.2 Å². The maximum Gasteiger partial charge on any atom is 0.194 e. The molecule has 0 aliphatic carbocycles. The van der Waals surface area contributed by atoms with Crippen LogP contribution >= 0.6 is 0 Å². The van der Waals surface area contributed by atoms with Gasteiger partial charge in [-0.2, -0.15) is 0 Å². The molecule has 1 aliphatic heterocycles. The molecule has 94 valence electrons. The molecule has 0 aromatic heterocycles. The van der Waals surface area contributed by atoms with E-state index in [9.17, 15) is 13.2 Å². The highest BCUT2D eigenvalue weighted by Gasteiger charge is 2.23. The first-order chi connectivity index (χ1) is 8.09. The maximum absolute atomic E-state index is 13.5. The summed E-state index contributed by atoms with van der Waals surface area (Å²) in [6.45, 7) is 3.89. The third-order valence-electron chi connectivity index (χ3n) is 3.58. The van der Waals surface area contributed by atoms with Gasteiger partial charge in [0.15, 0.2) is 17.5 Å². The molecule has 0 bridgehead atoms. The third kappa shape index (κ3) is 2.63. The molecule has 1 aliphatic rings. The molecule has 1 saturated heterocycles. The van der Waals surface area contributed by atoms with Crippen LogP contribution in [0, 0.1) is 29.3 Å². The summed E-state index contributed by atoms with van der Waals surface area (Å²) in [6.07, 6.45) is 1.49. The summed E-state index contributed by atoms with van der Waals surface area (Å²) in [5.74, 6) is -2.77. The van der Waals surface area contributed by atoms with E-state index in [4.69, 9.17) is 0 Å². The number of hydrogen-bond donors (Lipinski definition) is 1. The summed E-state index contributed by atoms with van der Waals surface area (Å²) in [6, 6.07) is 2.34. The molecule has 0 saturated carbocycles. The Hall–Kier alpha value is -1.03.